The van der Waals surface area contributed by atoms with Crippen LogP contribution in [0.25, 0.3) is 6.08 Å². The van der Waals surface area contributed by atoms with Gasteiger partial charge in [-0.1, -0.05) is 24.0 Å². The first-order valence-electron chi connectivity index (χ1n) is 4.99. The molecule has 0 saturated carbocycles. The molecule has 2 rings (SSSR count). The molecule has 0 atom stereocenters. The maximum Gasteiger partial charge on any atom is 0.266 e. The van der Waals surface area contributed by atoms with Crippen LogP contribution in [0.3, 0.4) is 0 Å². The summed E-state index contributed by atoms with van der Waals surface area (Å²) in [5.41, 5.74) is 0.836. The summed E-state index contributed by atoms with van der Waals surface area (Å²) in [6.07, 6.45) is 5.13. The number of nitrogens with zero attached hydrogens (tertiary/aromatic N) is 1. The summed E-state index contributed by atoms with van der Waals surface area (Å²) in [5.74, 6) is -1.73. The van der Waals surface area contributed by atoms with Gasteiger partial charge in [0.2, 0.25) is 0 Å². The lowest BCUT2D eigenvalue weighted by atomic mass is 10.2. The Morgan fingerprint density at radius 2 is 2.17 bits per heavy atom. The zero-order valence-electron chi connectivity index (χ0n) is 9.08. The molecule has 92 valence electrons. The maximum absolute atomic E-state index is 11.9. The Morgan fingerprint density at radius 3 is 2.78 bits per heavy atom. The monoisotopic (exact) mass is 280 g/mol. The standard InChI is InChI=1S/C11H8N2O3S2/c14-9(15)6-13-10(16)8(18-11(13)17)5-7-1-3-12-4-2-7/h1-5H,6H2,(H,14,15). The molecule has 1 amide bonds. The molecule has 1 aromatic heterocycles. The summed E-state index contributed by atoms with van der Waals surface area (Å²) in [5, 5.41) is 10.5. The third kappa shape index (κ3) is 2.74. The first-order chi connectivity index (χ1) is 8.58. The number of thioether (sulfide) groups is 1. The van der Waals surface area contributed by atoms with Crippen molar-refractivity contribution in [2.45, 2.75) is 0 Å². The van der Waals surface area contributed by atoms with E-state index < -0.39 is 18.4 Å². The zero-order valence-corrected chi connectivity index (χ0v) is 10.7. The number of hydrogen-bond donors (Lipinski definition) is 0. The van der Waals surface area contributed by atoms with Gasteiger partial charge in [0.15, 0.2) is 12.4 Å². The van der Waals surface area contributed by atoms with Crippen molar-refractivity contribution in [1.82, 2.24) is 4.90 Å². The highest BCUT2D eigenvalue weighted by Crippen LogP contribution is 2.31. The summed E-state index contributed by atoms with van der Waals surface area (Å²) >= 11 is 6.05. The Balaban J connectivity index is 2.23. The summed E-state index contributed by atoms with van der Waals surface area (Å²) in [4.78, 5) is 26.7. The van der Waals surface area contributed by atoms with Gasteiger partial charge in [0, 0.05) is 12.1 Å². The molecule has 1 aromatic rings. The Morgan fingerprint density at radius 1 is 1.50 bits per heavy atom. The van der Waals surface area contributed by atoms with E-state index >= 15 is 0 Å². The van der Waals surface area contributed by atoms with Gasteiger partial charge in [0.25, 0.3) is 5.91 Å². The van der Waals surface area contributed by atoms with Gasteiger partial charge in [-0.3, -0.25) is 9.69 Å². The van der Waals surface area contributed by atoms with Crippen LogP contribution in [-0.2, 0) is 9.59 Å². The highest BCUT2D eigenvalue weighted by atomic mass is 32.2. The van der Waals surface area contributed by atoms with Gasteiger partial charge < -0.3 is 9.90 Å². The number of thiocarbonyl (C=S) groups is 1. The lowest BCUT2D eigenvalue weighted by Gasteiger charge is -2.14. The van der Waals surface area contributed by atoms with E-state index in [0.717, 1.165) is 22.2 Å². The van der Waals surface area contributed by atoms with Crippen molar-refractivity contribution in [2.75, 3.05) is 6.54 Å². The largest absolute Gasteiger partial charge is 0.548 e. The van der Waals surface area contributed by atoms with Crippen LogP contribution < -0.4 is 10.1 Å². The van der Waals surface area contributed by atoms with E-state index in [2.05, 4.69) is 4.98 Å². The van der Waals surface area contributed by atoms with Crippen LogP contribution in [0.4, 0.5) is 0 Å². The lowest BCUT2D eigenvalue weighted by molar-refractivity contribution is -0.378. The van der Waals surface area contributed by atoms with Gasteiger partial charge >= 0.3 is 0 Å². The van der Waals surface area contributed by atoms with E-state index in [9.17, 15) is 14.7 Å². The number of carbonyl (C=O) groups is 2. The number of aromatic amines is 1. The number of rotatable bonds is 3. The van der Waals surface area contributed by atoms with Crippen LogP contribution in [0.1, 0.15) is 5.56 Å². The van der Waals surface area contributed by atoms with E-state index in [4.69, 9.17) is 12.2 Å². The van der Waals surface area contributed by atoms with Gasteiger partial charge in [-0.05, 0) is 11.6 Å². The van der Waals surface area contributed by atoms with Crippen molar-refractivity contribution in [2.24, 2.45) is 0 Å². The summed E-state index contributed by atoms with van der Waals surface area (Å²) in [6, 6.07) is 3.59. The number of hydrogen-bond acceptors (Lipinski definition) is 5. The van der Waals surface area contributed by atoms with Crippen LogP contribution in [0, 0.1) is 0 Å². The molecule has 0 aromatic carbocycles. The fourth-order valence-electron chi connectivity index (χ4n) is 1.41. The minimum atomic E-state index is -1.33. The molecule has 0 bridgehead atoms. The second kappa shape index (κ2) is 5.28. The van der Waals surface area contributed by atoms with Gasteiger partial charge in [-0.2, -0.15) is 0 Å². The molecule has 0 radical (unpaired) electrons. The average Bonchev–Trinajstić information content (AvgIpc) is 2.58. The number of carboxylic acids is 1. The first kappa shape index (κ1) is 12.7. The van der Waals surface area contributed by atoms with E-state index in [1.54, 1.807) is 30.6 Å². The number of carboxylic acid groups (broad SMARTS) is 1. The SMILES string of the molecule is O=C([O-])CN1C(=O)C(=Cc2cc[nH+]cc2)SC1=S. The number of nitrogens with one attached hydrogen (secondary N) is 1. The van der Waals surface area contributed by atoms with Gasteiger partial charge in [0.1, 0.15) is 4.32 Å². The number of carbonyl (C=O) groups excluding carboxylic acids is 2. The van der Waals surface area contributed by atoms with E-state index in [1.165, 1.54) is 0 Å². The Hall–Kier alpha value is -1.73. The van der Waals surface area contributed by atoms with Crippen molar-refractivity contribution in [3.8, 4) is 0 Å². The van der Waals surface area contributed by atoms with Gasteiger partial charge in [-0.15, -0.1) is 0 Å². The number of aliphatic carboxylic acids is 1. The maximum atomic E-state index is 11.9. The fourth-order valence-corrected chi connectivity index (χ4v) is 2.67. The molecule has 2 heterocycles. The molecule has 1 saturated heterocycles. The number of aromatic nitrogens is 1. The second-order valence-corrected chi connectivity index (χ2v) is 5.15. The van der Waals surface area contributed by atoms with Crippen molar-refractivity contribution in [3.63, 3.8) is 0 Å². The van der Waals surface area contributed by atoms with Crippen LogP contribution in [-0.4, -0.2) is 27.6 Å². The number of amides is 1. The van der Waals surface area contributed by atoms with Crippen LogP contribution in [0.5, 0.6) is 0 Å². The summed E-state index contributed by atoms with van der Waals surface area (Å²) in [7, 11) is 0. The first-order valence-corrected chi connectivity index (χ1v) is 6.22. The van der Waals surface area contributed by atoms with Crippen LogP contribution in [0.15, 0.2) is 29.4 Å². The van der Waals surface area contributed by atoms with E-state index in [0.29, 0.717) is 4.91 Å². The highest BCUT2D eigenvalue weighted by Gasteiger charge is 2.31. The molecular formula is C11H8N2O3S2. The van der Waals surface area contributed by atoms with Crippen molar-refractivity contribution in [3.05, 3.63) is 35.0 Å². The molecule has 1 fully saturated rings. The van der Waals surface area contributed by atoms with Crippen LogP contribution in [0.2, 0.25) is 0 Å². The third-order valence-corrected chi connectivity index (χ3v) is 3.58. The molecular weight excluding hydrogens is 272 g/mol. The summed E-state index contributed by atoms with van der Waals surface area (Å²) < 4.78 is 0.234. The minimum absolute atomic E-state index is 0.234. The van der Waals surface area contributed by atoms with Gasteiger partial charge in [-0.25, -0.2) is 4.98 Å². The Kier molecular flexibility index (Phi) is 3.73. The second-order valence-electron chi connectivity index (χ2n) is 3.47. The molecule has 5 nitrogen and oxygen atoms in total. The number of H-pyrrole nitrogens is 1. The number of pyridine rings is 1. The predicted molar refractivity (Wildman–Crippen MR) is 67.9 cm³/mol. The fraction of sp³-hybridized carbons (Fsp3) is 0.0909. The lowest BCUT2D eigenvalue weighted by Crippen LogP contribution is -2.40. The average molecular weight is 280 g/mol. The molecule has 18 heavy (non-hydrogen) atoms. The van der Waals surface area contributed by atoms with Gasteiger partial charge in [0.05, 0.1) is 17.4 Å². The third-order valence-electron chi connectivity index (χ3n) is 2.20. The topological polar surface area (TPSA) is 74.6 Å². The molecule has 0 unspecified atom stereocenters. The highest BCUT2D eigenvalue weighted by molar-refractivity contribution is 8.26. The van der Waals surface area contributed by atoms with Crippen molar-refractivity contribution in [1.29, 1.82) is 0 Å². The molecule has 0 spiro atoms. The normalized spacial score (nSPS) is 17.6. The minimum Gasteiger partial charge on any atom is -0.548 e. The smallest absolute Gasteiger partial charge is 0.266 e. The predicted octanol–water partition coefficient (Wildman–Crippen LogP) is -0.548. The zero-order chi connectivity index (χ0) is 13.1. The van der Waals surface area contributed by atoms with Crippen LogP contribution >= 0.6 is 24.0 Å². The quantitative estimate of drug-likeness (QED) is 0.549. The van der Waals surface area contributed by atoms with E-state index in [1.807, 2.05) is 0 Å². The molecule has 1 aliphatic heterocycles. The Bertz CT molecular complexity index is 542. The Labute approximate surface area is 113 Å². The summed E-state index contributed by atoms with van der Waals surface area (Å²) in [6.45, 7) is -0.509. The van der Waals surface area contributed by atoms with E-state index in [-0.39, 0.29) is 4.32 Å². The molecule has 0 aliphatic carbocycles. The molecule has 1 N–H and O–H groups in total. The molecule has 1 aliphatic rings. The molecule has 7 heteroatoms. The van der Waals surface area contributed by atoms with Crippen molar-refractivity contribution < 1.29 is 19.7 Å². The van der Waals surface area contributed by atoms with Crippen molar-refractivity contribution >= 4 is 46.3 Å².